The van der Waals surface area contributed by atoms with Gasteiger partial charge in [-0.25, -0.2) is 0 Å². The number of nitrogens with zero attached hydrogens (tertiary/aromatic N) is 7. The van der Waals surface area contributed by atoms with Crippen LogP contribution in [0, 0.1) is 0 Å². The van der Waals surface area contributed by atoms with Crippen molar-refractivity contribution in [2.24, 2.45) is 0 Å². The van der Waals surface area contributed by atoms with Gasteiger partial charge >= 0.3 is 6.18 Å². The highest BCUT2D eigenvalue weighted by atomic mass is 32.2. The number of hydrogen-bond acceptors (Lipinski definition) is 6. The molecule has 4 aromatic rings. The molecule has 1 aliphatic carbocycles. The highest BCUT2D eigenvalue weighted by Crippen LogP contribution is 2.40. The maximum absolute atomic E-state index is 12.8. The van der Waals surface area contributed by atoms with Crippen molar-refractivity contribution in [3.63, 3.8) is 0 Å². The van der Waals surface area contributed by atoms with Crippen molar-refractivity contribution in [3.8, 4) is 5.69 Å². The Morgan fingerprint density at radius 1 is 0.938 bits per heavy atom. The topological polar surface area (TPSA) is 74.3 Å². The second-order valence-corrected chi connectivity index (χ2v) is 8.47. The lowest BCUT2D eigenvalue weighted by Gasteiger charge is -2.10. The number of benzene rings is 2. The molecule has 11 heteroatoms. The minimum absolute atomic E-state index is 0.394. The fourth-order valence-electron chi connectivity index (χ4n) is 3.38. The molecule has 164 valence electrons. The first-order valence-corrected chi connectivity index (χ1v) is 11.0. The standard InChI is InChI=1S/C21H18F3N7S/c22-21(23,24)16-8-10-17(11-9-16)31-18(25-28-29-31)13-32-20-27-26-19(15-6-7-15)30(20)12-14-4-2-1-3-5-14/h1-5,8-11,15H,6-7,12-13H2. The smallest absolute Gasteiger partial charge is 0.301 e. The highest BCUT2D eigenvalue weighted by molar-refractivity contribution is 7.98. The van der Waals surface area contributed by atoms with E-state index in [1.54, 1.807) is 0 Å². The Kier molecular flexibility index (Phi) is 5.41. The van der Waals surface area contributed by atoms with Crippen LogP contribution in [-0.2, 0) is 18.5 Å². The minimum Gasteiger partial charge on any atom is -0.301 e. The van der Waals surface area contributed by atoms with Gasteiger partial charge in [0.25, 0.3) is 0 Å². The second-order valence-electron chi connectivity index (χ2n) is 7.53. The Labute approximate surface area is 185 Å². The lowest BCUT2D eigenvalue weighted by atomic mass is 10.2. The Bertz CT molecular complexity index is 1200. The van der Waals surface area contributed by atoms with Crippen LogP contribution in [0.25, 0.3) is 5.69 Å². The third kappa shape index (κ3) is 4.38. The van der Waals surface area contributed by atoms with E-state index in [1.807, 2.05) is 18.2 Å². The van der Waals surface area contributed by atoms with E-state index >= 15 is 0 Å². The fourth-order valence-corrected chi connectivity index (χ4v) is 4.23. The van der Waals surface area contributed by atoms with Crippen LogP contribution < -0.4 is 0 Å². The molecular weight excluding hydrogens is 439 g/mol. The molecule has 32 heavy (non-hydrogen) atoms. The van der Waals surface area contributed by atoms with Gasteiger partial charge in [0.2, 0.25) is 0 Å². The van der Waals surface area contributed by atoms with Gasteiger partial charge in [-0.1, -0.05) is 42.1 Å². The molecule has 7 nitrogen and oxygen atoms in total. The van der Waals surface area contributed by atoms with E-state index in [9.17, 15) is 13.2 Å². The third-order valence-corrected chi connectivity index (χ3v) is 6.14. The summed E-state index contributed by atoms with van der Waals surface area (Å²) in [6.45, 7) is 0.672. The van der Waals surface area contributed by atoms with Gasteiger partial charge in [0.05, 0.1) is 23.5 Å². The molecule has 2 aromatic carbocycles. The van der Waals surface area contributed by atoms with E-state index in [0.717, 1.165) is 41.5 Å². The van der Waals surface area contributed by atoms with Crippen molar-refractivity contribution in [2.45, 2.75) is 42.4 Å². The van der Waals surface area contributed by atoms with E-state index in [4.69, 9.17) is 0 Å². The van der Waals surface area contributed by atoms with Crippen LogP contribution in [0.3, 0.4) is 0 Å². The Morgan fingerprint density at radius 2 is 1.69 bits per heavy atom. The van der Waals surface area contributed by atoms with Crippen molar-refractivity contribution in [1.29, 1.82) is 0 Å². The predicted molar refractivity (Wildman–Crippen MR) is 111 cm³/mol. The van der Waals surface area contributed by atoms with Crippen molar-refractivity contribution in [1.82, 2.24) is 35.0 Å². The molecule has 0 radical (unpaired) electrons. The van der Waals surface area contributed by atoms with Crippen LogP contribution in [0.15, 0.2) is 59.8 Å². The van der Waals surface area contributed by atoms with Crippen LogP contribution >= 0.6 is 11.8 Å². The number of tetrazole rings is 1. The molecule has 1 saturated carbocycles. The third-order valence-electron chi connectivity index (χ3n) is 5.18. The Hall–Kier alpha value is -3.21. The van der Waals surface area contributed by atoms with E-state index in [1.165, 1.54) is 28.6 Å². The van der Waals surface area contributed by atoms with Crippen LogP contribution in [0.4, 0.5) is 13.2 Å². The van der Waals surface area contributed by atoms with Crippen molar-refractivity contribution < 1.29 is 13.2 Å². The summed E-state index contributed by atoms with van der Waals surface area (Å²) in [7, 11) is 0. The van der Waals surface area contributed by atoms with E-state index in [-0.39, 0.29) is 0 Å². The number of rotatable bonds is 7. The van der Waals surface area contributed by atoms with Crippen molar-refractivity contribution in [2.75, 3.05) is 0 Å². The summed E-state index contributed by atoms with van der Waals surface area (Å²) in [5.41, 5.74) is 0.903. The predicted octanol–water partition coefficient (Wildman–Crippen LogP) is 4.49. The summed E-state index contributed by atoms with van der Waals surface area (Å²) in [4.78, 5) is 0. The van der Waals surface area contributed by atoms with Gasteiger partial charge in [-0.2, -0.15) is 17.9 Å². The highest BCUT2D eigenvalue weighted by Gasteiger charge is 2.31. The maximum atomic E-state index is 12.8. The average Bonchev–Trinajstić information content (AvgIpc) is 3.39. The molecule has 1 fully saturated rings. The normalized spacial score (nSPS) is 14.1. The van der Waals surface area contributed by atoms with Crippen molar-refractivity contribution in [3.05, 3.63) is 77.4 Å². The Morgan fingerprint density at radius 3 is 2.38 bits per heavy atom. The lowest BCUT2D eigenvalue weighted by Crippen LogP contribution is -2.08. The summed E-state index contributed by atoms with van der Waals surface area (Å²) in [6, 6.07) is 14.9. The molecule has 0 unspecified atom stereocenters. The summed E-state index contributed by atoms with van der Waals surface area (Å²) < 4.78 is 42.1. The van der Waals surface area contributed by atoms with Gasteiger partial charge in [0.15, 0.2) is 11.0 Å². The van der Waals surface area contributed by atoms with Crippen LogP contribution in [0.5, 0.6) is 0 Å². The van der Waals surface area contributed by atoms with Gasteiger partial charge in [0.1, 0.15) is 5.82 Å². The number of halogens is 3. The van der Waals surface area contributed by atoms with Crippen LogP contribution in [0.2, 0.25) is 0 Å². The number of aromatic nitrogens is 7. The first kappa shape index (κ1) is 20.7. The van der Waals surface area contributed by atoms with E-state index < -0.39 is 11.7 Å². The molecule has 0 atom stereocenters. The summed E-state index contributed by atoms with van der Waals surface area (Å²) in [6.07, 6.45) is -2.16. The molecule has 0 saturated heterocycles. The molecular formula is C21H18F3N7S. The monoisotopic (exact) mass is 457 g/mol. The van der Waals surface area contributed by atoms with Gasteiger partial charge in [-0.15, -0.1) is 15.3 Å². The van der Waals surface area contributed by atoms with Crippen LogP contribution in [-0.4, -0.2) is 35.0 Å². The van der Waals surface area contributed by atoms with E-state index in [2.05, 4.69) is 42.4 Å². The van der Waals surface area contributed by atoms with E-state index in [0.29, 0.717) is 29.7 Å². The maximum Gasteiger partial charge on any atom is 0.416 e. The lowest BCUT2D eigenvalue weighted by molar-refractivity contribution is -0.137. The van der Waals surface area contributed by atoms with Crippen molar-refractivity contribution >= 4 is 11.8 Å². The first-order chi connectivity index (χ1) is 15.5. The molecule has 2 aromatic heterocycles. The van der Waals surface area contributed by atoms with Crippen LogP contribution in [0.1, 0.15) is 41.5 Å². The molecule has 0 aliphatic heterocycles. The zero-order chi connectivity index (χ0) is 22.1. The molecule has 0 amide bonds. The molecule has 0 spiro atoms. The van der Waals surface area contributed by atoms with Gasteiger partial charge in [-0.05, 0) is 53.1 Å². The summed E-state index contributed by atoms with van der Waals surface area (Å²) in [5.74, 6) is 2.33. The SMILES string of the molecule is FC(F)(F)c1ccc(-n2nnnc2CSc2nnc(C3CC3)n2Cc2ccccc2)cc1. The average molecular weight is 457 g/mol. The molecule has 0 bridgehead atoms. The summed E-state index contributed by atoms with van der Waals surface area (Å²) >= 11 is 1.45. The quantitative estimate of drug-likeness (QED) is 0.381. The number of thioether (sulfide) groups is 1. The Balaban J connectivity index is 1.36. The first-order valence-electron chi connectivity index (χ1n) is 10.0. The largest absolute Gasteiger partial charge is 0.416 e. The summed E-state index contributed by atoms with van der Waals surface area (Å²) in [5, 5.41) is 21.3. The number of alkyl halides is 3. The molecule has 5 rings (SSSR count). The molecule has 1 aliphatic rings. The zero-order valence-electron chi connectivity index (χ0n) is 16.8. The van der Waals surface area contributed by atoms with Gasteiger partial charge in [-0.3, -0.25) is 0 Å². The fraction of sp³-hybridized carbons (Fsp3) is 0.286. The molecule has 0 N–H and O–H groups in total. The minimum atomic E-state index is -4.39. The zero-order valence-corrected chi connectivity index (χ0v) is 17.6. The van der Waals surface area contributed by atoms with Gasteiger partial charge < -0.3 is 4.57 Å². The van der Waals surface area contributed by atoms with Gasteiger partial charge in [0, 0.05) is 5.92 Å². The second kappa shape index (κ2) is 8.38. The molecule has 2 heterocycles. The number of hydrogen-bond donors (Lipinski definition) is 0.